The van der Waals surface area contributed by atoms with Crippen LogP contribution in [0.5, 0.6) is 0 Å². The summed E-state index contributed by atoms with van der Waals surface area (Å²) in [6.07, 6.45) is 17.8. The van der Waals surface area contributed by atoms with Crippen LogP contribution in [-0.4, -0.2) is 6.17 Å². The molecule has 0 radical (unpaired) electrons. The summed E-state index contributed by atoms with van der Waals surface area (Å²) in [7, 11) is 0. The molecule has 0 heterocycles. The molecular formula is C19H31F. The fraction of sp³-hybridized carbons (Fsp3) is 0.789. The van der Waals surface area contributed by atoms with Crippen molar-refractivity contribution in [3.63, 3.8) is 0 Å². The fourth-order valence-electron chi connectivity index (χ4n) is 4.24. The second-order valence-corrected chi connectivity index (χ2v) is 6.84. The molecule has 2 fully saturated rings. The van der Waals surface area contributed by atoms with Crippen molar-refractivity contribution in [2.45, 2.75) is 77.8 Å². The van der Waals surface area contributed by atoms with E-state index in [-0.39, 0.29) is 0 Å². The van der Waals surface area contributed by atoms with Gasteiger partial charge in [0.15, 0.2) is 0 Å². The molecule has 0 saturated heterocycles. The topological polar surface area (TPSA) is 0 Å². The summed E-state index contributed by atoms with van der Waals surface area (Å²) in [5, 5.41) is 0. The quantitative estimate of drug-likeness (QED) is 0.534. The SMILES string of the molecule is C/C=C(\C=C/C(C)F)C1CCC(C2CCCCC2)CC1. The predicted molar refractivity (Wildman–Crippen MR) is 85.5 cm³/mol. The first-order chi connectivity index (χ1) is 9.70. The molecule has 0 spiro atoms. The van der Waals surface area contributed by atoms with Crippen molar-refractivity contribution in [3.05, 3.63) is 23.8 Å². The van der Waals surface area contributed by atoms with Crippen LogP contribution < -0.4 is 0 Å². The Morgan fingerprint density at radius 2 is 1.55 bits per heavy atom. The van der Waals surface area contributed by atoms with E-state index in [2.05, 4.69) is 13.0 Å². The average Bonchev–Trinajstić information content (AvgIpc) is 2.49. The Morgan fingerprint density at radius 1 is 0.950 bits per heavy atom. The Bertz CT molecular complexity index is 326. The molecule has 0 N–H and O–H groups in total. The van der Waals surface area contributed by atoms with Crippen LogP contribution in [0.3, 0.4) is 0 Å². The molecule has 2 aliphatic rings. The van der Waals surface area contributed by atoms with Crippen molar-refractivity contribution in [1.29, 1.82) is 0 Å². The maximum Gasteiger partial charge on any atom is 0.116 e. The van der Waals surface area contributed by atoms with Crippen LogP contribution in [0.2, 0.25) is 0 Å². The minimum atomic E-state index is -0.830. The maximum atomic E-state index is 13.0. The van der Waals surface area contributed by atoms with E-state index in [0.29, 0.717) is 5.92 Å². The fourth-order valence-corrected chi connectivity index (χ4v) is 4.24. The van der Waals surface area contributed by atoms with Gasteiger partial charge in [0.25, 0.3) is 0 Å². The highest BCUT2D eigenvalue weighted by Gasteiger charge is 2.29. The van der Waals surface area contributed by atoms with Crippen LogP contribution in [0.15, 0.2) is 23.8 Å². The molecule has 20 heavy (non-hydrogen) atoms. The summed E-state index contributed by atoms with van der Waals surface area (Å²) in [5.41, 5.74) is 1.36. The van der Waals surface area contributed by atoms with E-state index in [4.69, 9.17) is 0 Å². The summed E-state index contributed by atoms with van der Waals surface area (Å²) >= 11 is 0. The number of alkyl halides is 1. The minimum Gasteiger partial charge on any atom is -0.243 e. The van der Waals surface area contributed by atoms with E-state index in [1.807, 2.05) is 6.08 Å². The zero-order chi connectivity index (χ0) is 14.4. The van der Waals surface area contributed by atoms with Gasteiger partial charge in [0, 0.05) is 0 Å². The smallest absolute Gasteiger partial charge is 0.116 e. The first-order valence-electron chi connectivity index (χ1n) is 8.69. The zero-order valence-corrected chi connectivity index (χ0v) is 13.3. The van der Waals surface area contributed by atoms with Gasteiger partial charge in [0.2, 0.25) is 0 Å². The van der Waals surface area contributed by atoms with Gasteiger partial charge in [-0.2, -0.15) is 0 Å². The summed E-state index contributed by atoms with van der Waals surface area (Å²) < 4.78 is 13.0. The number of hydrogen-bond acceptors (Lipinski definition) is 0. The molecule has 0 aromatic carbocycles. The van der Waals surface area contributed by atoms with Crippen LogP contribution in [0, 0.1) is 17.8 Å². The Kier molecular flexibility index (Phi) is 6.32. The van der Waals surface area contributed by atoms with Crippen molar-refractivity contribution in [2.24, 2.45) is 17.8 Å². The second-order valence-electron chi connectivity index (χ2n) is 6.84. The normalized spacial score (nSPS) is 31.6. The molecular weight excluding hydrogens is 247 g/mol. The molecule has 114 valence electrons. The zero-order valence-electron chi connectivity index (χ0n) is 13.3. The lowest BCUT2D eigenvalue weighted by molar-refractivity contribution is 0.178. The number of allylic oxidation sites excluding steroid dienone is 4. The largest absolute Gasteiger partial charge is 0.243 e. The second kappa shape index (κ2) is 8.00. The van der Waals surface area contributed by atoms with E-state index in [1.165, 1.54) is 63.4 Å². The van der Waals surface area contributed by atoms with Crippen molar-refractivity contribution in [3.8, 4) is 0 Å². The van der Waals surface area contributed by atoms with Gasteiger partial charge >= 0.3 is 0 Å². The maximum absolute atomic E-state index is 13.0. The average molecular weight is 278 g/mol. The molecule has 1 unspecified atom stereocenters. The van der Waals surface area contributed by atoms with Gasteiger partial charge in [-0.05, 0) is 62.9 Å². The van der Waals surface area contributed by atoms with Gasteiger partial charge in [0.05, 0.1) is 0 Å². The predicted octanol–water partition coefficient (Wildman–Crippen LogP) is 6.23. The van der Waals surface area contributed by atoms with E-state index >= 15 is 0 Å². The number of rotatable bonds is 4. The van der Waals surface area contributed by atoms with Crippen LogP contribution >= 0.6 is 0 Å². The van der Waals surface area contributed by atoms with Gasteiger partial charge in [-0.15, -0.1) is 0 Å². The molecule has 0 amide bonds. The number of hydrogen-bond donors (Lipinski definition) is 0. The minimum absolute atomic E-state index is 0.676. The third-order valence-electron chi connectivity index (χ3n) is 5.45. The van der Waals surface area contributed by atoms with Gasteiger partial charge < -0.3 is 0 Å². The number of halogens is 1. The summed E-state index contributed by atoms with van der Waals surface area (Å²) in [4.78, 5) is 0. The third kappa shape index (κ3) is 4.46. The monoisotopic (exact) mass is 278 g/mol. The van der Waals surface area contributed by atoms with Gasteiger partial charge in [-0.1, -0.05) is 50.3 Å². The Hall–Kier alpha value is -0.590. The van der Waals surface area contributed by atoms with E-state index in [1.54, 1.807) is 13.0 Å². The van der Waals surface area contributed by atoms with Gasteiger partial charge in [-0.25, -0.2) is 4.39 Å². The summed E-state index contributed by atoms with van der Waals surface area (Å²) in [5.74, 6) is 2.67. The van der Waals surface area contributed by atoms with Gasteiger partial charge in [0.1, 0.15) is 6.17 Å². The lowest BCUT2D eigenvalue weighted by Crippen LogP contribution is -2.24. The summed E-state index contributed by atoms with van der Waals surface area (Å²) in [6, 6.07) is 0. The van der Waals surface area contributed by atoms with Crippen molar-refractivity contribution in [2.75, 3.05) is 0 Å². The highest BCUT2D eigenvalue weighted by atomic mass is 19.1. The highest BCUT2D eigenvalue weighted by molar-refractivity contribution is 5.22. The first-order valence-corrected chi connectivity index (χ1v) is 8.69. The highest BCUT2D eigenvalue weighted by Crippen LogP contribution is 2.41. The van der Waals surface area contributed by atoms with Crippen molar-refractivity contribution < 1.29 is 4.39 Å². The van der Waals surface area contributed by atoms with Crippen LogP contribution in [0.25, 0.3) is 0 Å². The van der Waals surface area contributed by atoms with Crippen LogP contribution in [0.1, 0.15) is 71.6 Å². The van der Waals surface area contributed by atoms with Crippen molar-refractivity contribution >= 4 is 0 Å². The first kappa shape index (κ1) is 15.8. The van der Waals surface area contributed by atoms with E-state index in [9.17, 15) is 4.39 Å². The Labute approximate surface area is 124 Å². The lowest BCUT2D eigenvalue weighted by atomic mass is 9.69. The molecule has 0 aromatic rings. The molecule has 0 nitrogen and oxygen atoms in total. The standard InChI is InChI=1S/C19H31F/c1-3-16(10-9-15(2)20)18-11-13-19(14-12-18)17-7-5-4-6-8-17/h3,9-10,15,17-19H,4-8,11-14H2,1-2H3/b10-9-,16-3+. The van der Waals surface area contributed by atoms with Crippen LogP contribution in [0.4, 0.5) is 4.39 Å². The molecule has 2 saturated carbocycles. The van der Waals surface area contributed by atoms with E-state index in [0.717, 1.165) is 11.8 Å². The molecule has 1 atom stereocenters. The van der Waals surface area contributed by atoms with Crippen molar-refractivity contribution in [1.82, 2.24) is 0 Å². The molecule has 0 bridgehead atoms. The molecule has 2 rings (SSSR count). The van der Waals surface area contributed by atoms with Gasteiger partial charge in [-0.3, -0.25) is 0 Å². The third-order valence-corrected chi connectivity index (χ3v) is 5.45. The Morgan fingerprint density at radius 3 is 2.10 bits per heavy atom. The summed E-state index contributed by atoms with van der Waals surface area (Å²) in [6.45, 7) is 3.69. The molecule has 2 aliphatic carbocycles. The molecule has 0 aliphatic heterocycles. The lowest BCUT2D eigenvalue weighted by Gasteiger charge is -2.36. The molecule has 0 aromatic heterocycles. The van der Waals surface area contributed by atoms with E-state index < -0.39 is 6.17 Å². The molecule has 1 heteroatoms. The Balaban J connectivity index is 1.83. The van der Waals surface area contributed by atoms with Crippen LogP contribution in [-0.2, 0) is 0 Å².